The summed E-state index contributed by atoms with van der Waals surface area (Å²) in [7, 11) is 0. The Morgan fingerprint density at radius 1 is 0.900 bits per heavy atom. The van der Waals surface area contributed by atoms with Gasteiger partial charge in [0.1, 0.15) is 41.6 Å². The van der Waals surface area contributed by atoms with Crippen LogP contribution in [-0.4, -0.2) is 75.1 Å². The predicted octanol–water partition coefficient (Wildman–Crippen LogP) is 3.62. The minimum Gasteiger partial charge on any atom is -0.491 e. The molecule has 0 spiro atoms. The maximum atomic E-state index is 14.9. The lowest BCUT2D eigenvalue weighted by Crippen LogP contribution is -2.54. The van der Waals surface area contributed by atoms with Gasteiger partial charge in [-0.25, -0.2) is 13.8 Å². The van der Waals surface area contributed by atoms with E-state index in [1.807, 2.05) is 0 Å². The van der Waals surface area contributed by atoms with Gasteiger partial charge in [0.15, 0.2) is 0 Å². The molecule has 2 aromatic heterocycles. The van der Waals surface area contributed by atoms with Gasteiger partial charge >= 0.3 is 0 Å². The maximum Gasteiger partial charge on any atom is 0.266 e. The molecule has 5 aromatic rings. The van der Waals surface area contributed by atoms with Crippen LogP contribution < -0.4 is 26.2 Å². The highest BCUT2D eigenvalue weighted by molar-refractivity contribution is 6.24. The smallest absolute Gasteiger partial charge is 0.266 e. The molecule has 2 aliphatic heterocycles. The Kier molecular flexibility index (Phi) is 11.7. The van der Waals surface area contributed by atoms with Crippen LogP contribution in [0.3, 0.4) is 0 Å². The second-order valence-corrected chi connectivity index (χ2v) is 14.1. The Hall–Kier alpha value is -7.43. The van der Waals surface area contributed by atoms with E-state index in [0.29, 0.717) is 27.8 Å². The number of benzene rings is 3. The highest BCUT2D eigenvalue weighted by atomic mass is 19.1. The number of hydrogen-bond donors (Lipinski definition) is 3. The number of nitrogens with zero attached hydrogens (tertiary/aromatic N) is 3. The first-order valence-electron chi connectivity index (χ1n) is 18.7. The second-order valence-electron chi connectivity index (χ2n) is 14.1. The van der Waals surface area contributed by atoms with E-state index in [2.05, 4.69) is 20.9 Å². The molecule has 1 fully saturated rings. The number of pyridine rings is 2. The molecule has 4 heterocycles. The molecule has 0 bridgehead atoms. The van der Waals surface area contributed by atoms with Gasteiger partial charge < -0.3 is 19.9 Å². The number of carbonyl (C=O) groups excluding carboxylic acids is 6. The molecule has 306 valence electrons. The van der Waals surface area contributed by atoms with Crippen LogP contribution in [0.5, 0.6) is 5.75 Å². The minimum atomic E-state index is -1.39. The number of halogens is 3. The van der Waals surface area contributed by atoms with Gasteiger partial charge in [0.2, 0.25) is 23.7 Å². The molecule has 3 aromatic carbocycles. The zero-order chi connectivity index (χ0) is 42.7. The lowest BCUT2D eigenvalue weighted by molar-refractivity contribution is -0.136. The van der Waals surface area contributed by atoms with Crippen molar-refractivity contribution < 1.29 is 46.7 Å². The van der Waals surface area contributed by atoms with Crippen molar-refractivity contribution in [2.45, 2.75) is 44.8 Å². The molecule has 17 heteroatoms. The van der Waals surface area contributed by atoms with Crippen LogP contribution in [-0.2, 0) is 27.3 Å². The van der Waals surface area contributed by atoms with Crippen LogP contribution in [0.4, 0.5) is 13.2 Å². The number of piperidine rings is 1. The van der Waals surface area contributed by atoms with E-state index in [1.165, 1.54) is 54.7 Å². The summed E-state index contributed by atoms with van der Waals surface area (Å²) in [5.41, 5.74) is 1.09. The number of rotatable bonds is 13. The monoisotopic (exact) mass is 820 g/mol. The maximum absolute atomic E-state index is 14.9. The molecule has 7 rings (SSSR count). The molecule has 0 radical (unpaired) electrons. The Morgan fingerprint density at radius 2 is 1.65 bits per heavy atom. The summed E-state index contributed by atoms with van der Waals surface area (Å²) >= 11 is 0. The van der Waals surface area contributed by atoms with Gasteiger partial charge in [-0.05, 0) is 72.0 Å². The Labute approximate surface area is 339 Å². The highest BCUT2D eigenvalue weighted by Gasteiger charge is 2.46. The SMILES string of the molecule is Cc1cc(F)ncc1-c1ccccc1C[C@H](NC(=O)c1cc(F)cn(Cc2ccc(F)cc2)c1=O)C(=O)NCCOc1cccc2c1C(=O)N(C1CCC(=O)NC1=O)C2=O. The first kappa shape index (κ1) is 40.8. The average molecular weight is 821 g/mol. The third-order valence-electron chi connectivity index (χ3n) is 10.1. The van der Waals surface area contributed by atoms with Gasteiger partial charge in [0, 0.05) is 30.8 Å². The molecule has 1 unspecified atom stereocenters. The Balaban J connectivity index is 1.10. The lowest BCUT2D eigenvalue weighted by atomic mass is 9.93. The van der Waals surface area contributed by atoms with Crippen molar-refractivity contribution in [2.24, 2.45) is 0 Å². The van der Waals surface area contributed by atoms with Crippen molar-refractivity contribution in [1.29, 1.82) is 0 Å². The summed E-state index contributed by atoms with van der Waals surface area (Å²) in [6.07, 6.45) is 1.99. The van der Waals surface area contributed by atoms with Gasteiger partial charge in [0.25, 0.3) is 23.3 Å². The molecule has 3 N–H and O–H groups in total. The van der Waals surface area contributed by atoms with Crippen molar-refractivity contribution in [3.05, 3.63) is 153 Å². The van der Waals surface area contributed by atoms with E-state index in [-0.39, 0.29) is 55.8 Å². The minimum absolute atomic E-state index is 0.0000267. The van der Waals surface area contributed by atoms with Crippen molar-refractivity contribution >= 4 is 35.4 Å². The van der Waals surface area contributed by atoms with Crippen molar-refractivity contribution in [3.63, 3.8) is 0 Å². The summed E-state index contributed by atoms with van der Waals surface area (Å²) in [5.74, 6) is -6.73. The highest BCUT2D eigenvalue weighted by Crippen LogP contribution is 2.34. The number of imide groups is 2. The van der Waals surface area contributed by atoms with Gasteiger partial charge in [-0.1, -0.05) is 42.5 Å². The first-order valence-corrected chi connectivity index (χ1v) is 18.7. The quantitative estimate of drug-likeness (QED) is 0.0907. The topological polar surface area (TPSA) is 186 Å². The lowest BCUT2D eigenvalue weighted by Gasteiger charge is -2.27. The van der Waals surface area contributed by atoms with E-state index < -0.39 is 76.2 Å². The zero-order valence-electron chi connectivity index (χ0n) is 31.8. The van der Waals surface area contributed by atoms with Gasteiger partial charge in [-0.15, -0.1) is 0 Å². The van der Waals surface area contributed by atoms with Crippen LogP contribution >= 0.6 is 0 Å². The van der Waals surface area contributed by atoms with E-state index in [0.717, 1.165) is 21.7 Å². The third kappa shape index (κ3) is 8.55. The number of nitrogens with one attached hydrogen (secondary N) is 3. The van der Waals surface area contributed by atoms with Gasteiger partial charge in [-0.2, -0.15) is 4.39 Å². The average Bonchev–Trinajstić information content (AvgIpc) is 3.47. The fourth-order valence-electron chi connectivity index (χ4n) is 7.16. The fourth-order valence-corrected chi connectivity index (χ4v) is 7.16. The van der Waals surface area contributed by atoms with Crippen LogP contribution in [0.2, 0.25) is 0 Å². The van der Waals surface area contributed by atoms with Crippen molar-refractivity contribution in [3.8, 4) is 16.9 Å². The molecule has 14 nitrogen and oxygen atoms in total. The molecule has 0 aliphatic carbocycles. The van der Waals surface area contributed by atoms with Crippen LogP contribution in [0.15, 0.2) is 96.1 Å². The summed E-state index contributed by atoms with van der Waals surface area (Å²) in [5, 5.41) is 7.36. The Bertz CT molecular complexity index is 2630. The van der Waals surface area contributed by atoms with Gasteiger partial charge in [0.05, 0.1) is 24.2 Å². The predicted molar refractivity (Wildman–Crippen MR) is 207 cm³/mol. The second kappa shape index (κ2) is 17.2. The molecular formula is C43H35F3N6O8. The van der Waals surface area contributed by atoms with Gasteiger partial charge in [-0.3, -0.25) is 43.8 Å². The number of amides is 6. The molecule has 2 aliphatic rings. The normalized spacial score (nSPS) is 15.3. The van der Waals surface area contributed by atoms with E-state index in [9.17, 15) is 46.7 Å². The summed E-state index contributed by atoms with van der Waals surface area (Å²) in [4.78, 5) is 96.7. The number of hydrogen-bond acceptors (Lipinski definition) is 9. The number of fused-ring (bicyclic) bond motifs is 1. The summed E-state index contributed by atoms with van der Waals surface area (Å²) in [6, 6.07) is 15.8. The molecule has 2 atom stereocenters. The fraction of sp³-hybridized carbons (Fsp3) is 0.209. The van der Waals surface area contributed by atoms with Crippen LogP contribution in [0.1, 0.15) is 60.6 Å². The molecule has 6 amide bonds. The summed E-state index contributed by atoms with van der Waals surface area (Å²) in [6.45, 7) is 1.07. The number of carbonyl (C=O) groups is 6. The van der Waals surface area contributed by atoms with Crippen molar-refractivity contribution in [1.82, 2.24) is 30.4 Å². The zero-order valence-corrected chi connectivity index (χ0v) is 31.8. The molecular weight excluding hydrogens is 786 g/mol. The molecule has 0 saturated carbocycles. The van der Waals surface area contributed by atoms with Crippen molar-refractivity contribution in [2.75, 3.05) is 13.2 Å². The summed E-state index contributed by atoms with van der Waals surface area (Å²) < 4.78 is 49.1. The Morgan fingerprint density at radius 3 is 2.40 bits per heavy atom. The third-order valence-corrected chi connectivity index (χ3v) is 10.1. The number of aromatic nitrogens is 2. The van der Waals surface area contributed by atoms with E-state index in [4.69, 9.17) is 4.74 Å². The first-order chi connectivity index (χ1) is 28.8. The van der Waals surface area contributed by atoms with E-state index >= 15 is 0 Å². The van der Waals surface area contributed by atoms with E-state index in [1.54, 1.807) is 31.2 Å². The van der Waals surface area contributed by atoms with Crippen LogP contribution in [0.25, 0.3) is 11.1 Å². The standard InChI is InChI=1S/C43H35F3N6O8/c1-23-17-35(46)48-20-31(23)28-6-3-2-5-25(28)18-32(49-38(54)30-19-27(45)22-51(41(30)57)21-24-9-11-26(44)12-10-24)39(55)47-15-16-60-34-8-4-7-29-37(34)43(59)52(42(29)58)33-13-14-36(53)50-40(33)56/h2-12,17,19-20,22,32-33H,13-16,18,21H2,1H3,(H,47,55)(H,49,54)(H,50,53,56)/t32-,33?/m0/s1. The number of aryl methyl sites for hydroxylation is 1. The van der Waals surface area contributed by atoms with Crippen LogP contribution in [0, 0.1) is 24.5 Å². The molecule has 1 saturated heterocycles. The largest absolute Gasteiger partial charge is 0.491 e. The molecule has 60 heavy (non-hydrogen) atoms. The number of ether oxygens (including phenoxy) is 1.